The second-order valence-corrected chi connectivity index (χ2v) is 12.4. The molecule has 0 nitrogen and oxygen atoms in total. The van der Waals surface area contributed by atoms with E-state index in [0.29, 0.717) is 0 Å². The van der Waals surface area contributed by atoms with Crippen molar-refractivity contribution < 1.29 is 0 Å². The minimum Gasteiger partial charge on any atom is -0.143 e. The van der Waals surface area contributed by atoms with Crippen LogP contribution in [0.25, 0.3) is 0 Å². The highest BCUT2D eigenvalue weighted by molar-refractivity contribution is 7.80. The Kier molecular flexibility index (Phi) is 6.55. The van der Waals surface area contributed by atoms with Crippen molar-refractivity contribution in [1.29, 1.82) is 0 Å². The average molecular weight is 343 g/mol. The number of rotatable bonds is 7. The fourth-order valence-corrected chi connectivity index (χ4v) is 10.5. The highest BCUT2D eigenvalue weighted by atomic mass is 32.1. The molecule has 0 bridgehead atoms. The first-order chi connectivity index (χ1) is 10.9. The predicted octanol–water partition coefficient (Wildman–Crippen LogP) is 5.73. The third-order valence-electron chi connectivity index (χ3n) is 4.50. The maximum Gasteiger partial charge on any atom is 0.0915 e. The first kappa shape index (κ1) is 18.3. The topological polar surface area (TPSA) is 0 Å². The quantitative estimate of drug-likeness (QED) is 0.482. The van der Waals surface area contributed by atoms with Crippen molar-refractivity contribution in [2.45, 2.75) is 50.7 Å². The normalized spacial score (nSPS) is 12.1. The van der Waals surface area contributed by atoms with Crippen LogP contribution in [0.3, 0.4) is 0 Å². The van der Waals surface area contributed by atoms with Crippen LogP contribution in [0, 0.1) is 11.8 Å². The Morgan fingerprint density at radius 2 is 1.30 bits per heavy atom. The molecule has 0 radical (unpaired) electrons. The van der Waals surface area contributed by atoms with Gasteiger partial charge in [0.2, 0.25) is 0 Å². The molecule has 23 heavy (non-hydrogen) atoms. The lowest BCUT2D eigenvalue weighted by molar-refractivity contribution is 0.678. The van der Waals surface area contributed by atoms with Gasteiger partial charge in [-0.1, -0.05) is 93.5 Å². The van der Waals surface area contributed by atoms with Crippen molar-refractivity contribution in [3.63, 3.8) is 0 Å². The third-order valence-corrected chi connectivity index (χ3v) is 10.8. The van der Waals surface area contributed by atoms with Crippen molar-refractivity contribution >= 4 is 25.9 Å². The molecular weight excluding hydrogens is 312 g/mol. The molecule has 2 aromatic rings. The monoisotopic (exact) mass is 342 g/mol. The second kappa shape index (κ2) is 8.21. The lowest BCUT2D eigenvalue weighted by atomic mass is 10.2. The zero-order valence-corrected chi connectivity index (χ0v) is 16.8. The number of hydrogen-bond donors (Lipinski definition) is 1. The molecule has 0 aliphatic heterocycles. The van der Waals surface area contributed by atoms with E-state index in [0.717, 1.165) is 16.7 Å². The molecule has 0 aliphatic carbocycles. The first-order valence-corrected chi connectivity index (χ1v) is 11.8. The van der Waals surface area contributed by atoms with Crippen molar-refractivity contribution in [2.75, 3.05) is 0 Å². The van der Waals surface area contributed by atoms with Crippen LogP contribution in [-0.4, -0.2) is 8.07 Å². The Hall–Kier alpha value is -0.993. The Morgan fingerprint density at radius 1 is 0.783 bits per heavy atom. The summed E-state index contributed by atoms with van der Waals surface area (Å²) in [6.45, 7) is 9.49. The molecule has 2 heteroatoms. The minimum absolute atomic E-state index is 0.729. The molecule has 0 aliphatic rings. The Labute approximate surface area is 148 Å². The Balaban J connectivity index is 2.49. The smallest absolute Gasteiger partial charge is 0.0915 e. The van der Waals surface area contributed by atoms with Gasteiger partial charge in [0.15, 0.2) is 0 Å². The molecule has 124 valence electrons. The van der Waals surface area contributed by atoms with Crippen LogP contribution in [0.1, 0.15) is 33.3 Å². The van der Waals surface area contributed by atoms with Crippen LogP contribution in [-0.2, 0) is 6.04 Å². The zero-order chi connectivity index (χ0) is 16.9. The lowest BCUT2D eigenvalue weighted by Gasteiger charge is -2.36. The fraction of sp³-hybridized carbons (Fsp3) is 0.429. The molecule has 0 spiro atoms. The van der Waals surface area contributed by atoms with Crippen LogP contribution in [0.15, 0.2) is 59.5 Å². The summed E-state index contributed by atoms with van der Waals surface area (Å²) in [7, 11) is -1.62. The van der Waals surface area contributed by atoms with Crippen LogP contribution < -0.4 is 5.19 Å². The van der Waals surface area contributed by atoms with E-state index in [1.807, 2.05) is 0 Å². The van der Waals surface area contributed by atoms with Crippen LogP contribution in [0.5, 0.6) is 0 Å². The van der Waals surface area contributed by atoms with Crippen LogP contribution >= 0.6 is 12.6 Å². The predicted molar refractivity (Wildman–Crippen MR) is 109 cm³/mol. The number of hydrogen-bond acceptors (Lipinski definition) is 1. The summed E-state index contributed by atoms with van der Waals surface area (Å²) in [4.78, 5) is 1.15. The van der Waals surface area contributed by atoms with E-state index in [4.69, 9.17) is 12.6 Å². The summed E-state index contributed by atoms with van der Waals surface area (Å²) >= 11 is 4.73. The average Bonchev–Trinajstić information content (AvgIpc) is 2.49. The first-order valence-electron chi connectivity index (χ1n) is 8.75. The van der Waals surface area contributed by atoms with E-state index in [2.05, 4.69) is 82.3 Å². The molecule has 0 heterocycles. The minimum atomic E-state index is -1.62. The van der Waals surface area contributed by atoms with E-state index in [9.17, 15) is 0 Å². The molecule has 0 saturated carbocycles. The van der Waals surface area contributed by atoms with Gasteiger partial charge in [-0.2, -0.15) is 0 Å². The molecule has 0 saturated heterocycles. The van der Waals surface area contributed by atoms with Gasteiger partial charge in [-0.25, -0.2) is 0 Å². The molecule has 2 aromatic carbocycles. The van der Waals surface area contributed by atoms with Crippen molar-refractivity contribution in [3.8, 4) is 0 Å². The van der Waals surface area contributed by atoms with E-state index in [1.54, 1.807) is 5.19 Å². The Bertz CT molecular complexity index is 594. The zero-order valence-electron chi connectivity index (χ0n) is 14.9. The molecule has 0 aromatic heterocycles. The molecular formula is C21H30SSi. The van der Waals surface area contributed by atoms with E-state index in [1.165, 1.54) is 23.7 Å². The van der Waals surface area contributed by atoms with Crippen LogP contribution in [0.4, 0.5) is 0 Å². The van der Waals surface area contributed by atoms with Gasteiger partial charge in [-0.15, -0.1) is 12.6 Å². The van der Waals surface area contributed by atoms with Gasteiger partial charge in [-0.3, -0.25) is 0 Å². The number of thiol groups is 1. The SMILES string of the molecule is CC(C)C[Si](Cc1ccccc1S)(CC(C)C)c1ccccc1. The molecule has 2 rings (SSSR count). The van der Waals surface area contributed by atoms with Gasteiger partial charge in [0.1, 0.15) is 0 Å². The van der Waals surface area contributed by atoms with E-state index < -0.39 is 8.07 Å². The Morgan fingerprint density at radius 3 is 1.83 bits per heavy atom. The van der Waals surface area contributed by atoms with Crippen LogP contribution in [0.2, 0.25) is 12.1 Å². The summed E-state index contributed by atoms with van der Waals surface area (Å²) in [5.74, 6) is 1.46. The van der Waals surface area contributed by atoms with Gasteiger partial charge in [0.05, 0.1) is 8.07 Å². The lowest BCUT2D eigenvalue weighted by Crippen LogP contribution is -2.52. The molecule has 0 atom stereocenters. The fourth-order valence-electron chi connectivity index (χ4n) is 3.94. The van der Waals surface area contributed by atoms with Gasteiger partial charge < -0.3 is 0 Å². The summed E-state index contributed by atoms with van der Waals surface area (Å²) in [6, 6.07) is 23.8. The van der Waals surface area contributed by atoms with Gasteiger partial charge >= 0.3 is 0 Å². The largest absolute Gasteiger partial charge is 0.143 e. The third kappa shape index (κ3) is 4.99. The van der Waals surface area contributed by atoms with E-state index in [-0.39, 0.29) is 0 Å². The van der Waals surface area contributed by atoms with Gasteiger partial charge in [0, 0.05) is 4.90 Å². The molecule has 0 N–H and O–H groups in total. The summed E-state index contributed by atoms with van der Waals surface area (Å²) in [5, 5.41) is 1.61. The summed E-state index contributed by atoms with van der Waals surface area (Å²) in [6.07, 6.45) is 0. The van der Waals surface area contributed by atoms with Crippen molar-refractivity contribution in [1.82, 2.24) is 0 Å². The van der Waals surface area contributed by atoms with Crippen molar-refractivity contribution in [2.24, 2.45) is 11.8 Å². The maximum atomic E-state index is 4.73. The van der Waals surface area contributed by atoms with Crippen molar-refractivity contribution in [3.05, 3.63) is 60.2 Å². The van der Waals surface area contributed by atoms with Gasteiger partial charge in [0.25, 0.3) is 0 Å². The molecule has 0 fully saturated rings. The number of benzene rings is 2. The van der Waals surface area contributed by atoms with E-state index >= 15 is 0 Å². The highest BCUT2D eigenvalue weighted by Gasteiger charge is 2.36. The molecule has 0 unspecified atom stereocenters. The second-order valence-electron chi connectivity index (χ2n) is 7.65. The standard InChI is InChI=1S/C21H30SSi/c1-17(2)14-23(15-18(3)4,20-11-6-5-7-12-20)16-19-10-8-9-13-21(19)22/h5-13,17-18,22H,14-16H2,1-4H3. The molecule has 0 amide bonds. The highest BCUT2D eigenvalue weighted by Crippen LogP contribution is 2.30. The summed E-state index contributed by atoms with van der Waals surface area (Å²) in [5.41, 5.74) is 1.42. The maximum absolute atomic E-state index is 4.73. The van der Waals surface area contributed by atoms with Gasteiger partial charge in [-0.05, 0) is 29.5 Å². The summed E-state index contributed by atoms with van der Waals surface area (Å²) < 4.78 is 0.